The highest BCUT2D eigenvalue weighted by Gasteiger charge is 2.14. The molecule has 1 atom stereocenters. The first kappa shape index (κ1) is 18.2. The van der Waals surface area contributed by atoms with Crippen LogP contribution in [0.4, 0.5) is 0 Å². The Morgan fingerprint density at radius 3 is 2.38 bits per heavy atom. The van der Waals surface area contributed by atoms with Gasteiger partial charge in [-0.15, -0.1) is 0 Å². The molecule has 122 valence electrons. The Labute approximate surface area is 157 Å². The number of carbonyl (C=O) groups excluding carboxylic acids is 1. The van der Waals surface area contributed by atoms with Crippen molar-refractivity contribution in [2.75, 3.05) is 0 Å². The van der Waals surface area contributed by atoms with Gasteiger partial charge in [0.1, 0.15) is 17.4 Å². The zero-order chi connectivity index (χ0) is 17.7. The van der Waals surface area contributed by atoms with Gasteiger partial charge in [-0.3, -0.25) is 4.79 Å². The Morgan fingerprint density at radius 2 is 1.83 bits per heavy atom. The molecule has 2 rings (SSSR count). The van der Waals surface area contributed by atoms with E-state index >= 15 is 0 Å². The molecule has 2 aromatic carbocycles. The molecule has 2 N–H and O–H groups in total. The minimum Gasteiger partial charge on any atom is -0.506 e. The average Bonchev–Trinajstić information content (AvgIpc) is 2.58. The molecule has 0 fully saturated rings. The fourth-order valence-corrected chi connectivity index (χ4v) is 3.31. The summed E-state index contributed by atoms with van der Waals surface area (Å²) in [5.74, 6) is -0.387. The van der Waals surface area contributed by atoms with Crippen molar-refractivity contribution in [3.8, 4) is 11.8 Å². The molecule has 0 aliphatic carbocycles. The fraction of sp³-hybridized carbons (Fsp3) is 0.111. The van der Waals surface area contributed by atoms with Gasteiger partial charge in [0.2, 0.25) is 0 Å². The average molecular weight is 450 g/mol. The van der Waals surface area contributed by atoms with E-state index in [0.29, 0.717) is 14.5 Å². The van der Waals surface area contributed by atoms with Crippen molar-refractivity contribution in [1.82, 2.24) is 5.32 Å². The smallest absolute Gasteiger partial charge is 0.262 e. The van der Waals surface area contributed by atoms with Crippen LogP contribution in [0.1, 0.15) is 24.1 Å². The van der Waals surface area contributed by atoms with Crippen molar-refractivity contribution >= 4 is 43.8 Å². The van der Waals surface area contributed by atoms with E-state index in [9.17, 15) is 15.2 Å². The van der Waals surface area contributed by atoms with E-state index in [0.717, 1.165) is 5.56 Å². The number of nitriles is 1. The highest BCUT2D eigenvalue weighted by Crippen LogP contribution is 2.34. The summed E-state index contributed by atoms with van der Waals surface area (Å²) in [6, 6.07) is 14.5. The van der Waals surface area contributed by atoms with Gasteiger partial charge in [0.15, 0.2) is 0 Å². The summed E-state index contributed by atoms with van der Waals surface area (Å²) in [4.78, 5) is 12.3. The molecule has 0 heterocycles. The number of amides is 1. The third kappa shape index (κ3) is 4.47. The Bertz CT molecular complexity index is 804. The second-order valence-corrected chi connectivity index (χ2v) is 6.82. The van der Waals surface area contributed by atoms with Crippen molar-refractivity contribution in [3.05, 3.63) is 68.1 Å². The van der Waals surface area contributed by atoms with Crippen LogP contribution in [-0.4, -0.2) is 11.0 Å². The SMILES string of the molecule is CC(NC(=O)/C(C#N)=C/c1cc(Br)c(O)c(Br)c1)c1ccccc1. The van der Waals surface area contributed by atoms with Crippen LogP contribution in [0.2, 0.25) is 0 Å². The first-order chi connectivity index (χ1) is 11.4. The van der Waals surface area contributed by atoms with E-state index in [1.54, 1.807) is 12.1 Å². The number of carbonyl (C=O) groups is 1. The third-order valence-electron chi connectivity index (χ3n) is 3.36. The van der Waals surface area contributed by atoms with E-state index in [1.807, 2.05) is 43.3 Å². The molecular formula is C18H14Br2N2O2. The molecule has 0 saturated carbocycles. The van der Waals surface area contributed by atoms with Crippen molar-refractivity contribution in [1.29, 1.82) is 5.26 Å². The van der Waals surface area contributed by atoms with Crippen molar-refractivity contribution < 1.29 is 9.90 Å². The topological polar surface area (TPSA) is 73.1 Å². The normalized spacial score (nSPS) is 12.3. The molecule has 0 radical (unpaired) electrons. The summed E-state index contributed by atoms with van der Waals surface area (Å²) in [6.45, 7) is 1.86. The van der Waals surface area contributed by atoms with Crippen LogP contribution in [0.15, 0.2) is 57.0 Å². The number of hydrogen-bond acceptors (Lipinski definition) is 3. The summed E-state index contributed by atoms with van der Waals surface area (Å²) in [6.07, 6.45) is 1.47. The number of phenolic OH excluding ortho intramolecular Hbond substituents is 1. The second kappa shape index (κ2) is 8.13. The minimum absolute atomic E-state index is 0.0118. The number of hydrogen-bond donors (Lipinski definition) is 2. The summed E-state index contributed by atoms with van der Waals surface area (Å²) < 4.78 is 0.942. The van der Waals surface area contributed by atoms with Crippen molar-refractivity contribution in [2.24, 2.45) is 0 Å². The first-order valence-corrected chi connectivity index (χ1v) is 8.66. The largest absolute Gasteiger partial charge is 0.506 e. The van der Waals surface area contributed by atoms with Crippen LogP contribution in [-0.2, 0) is 4.79 Å². The summed E-state index contributed by atoms with van der Waals surface area (Å²) in [5, 5.41) is 21.8. The van der Waals surface area contributed by atoms with E-state index < -0.39 is 5.91 Å². The molecule has 0 bridgehead atoms. The Balaban J connectivity index is 2.22. The molecule has 2 aromatic rings. The van der Waals surface area contributed by atoms with Gasteiger partial charge in [-0.2, -0.15) is 5.26 Å². The van der Waals surface area contributed by atoms with Gasteiger partial charge < -0.3 is 10.4 Å². The molecule has 0 aliphatic heterocycles. The lowest BCUT2D eigenvalue weighted by molar-refractivity contribution is -0.117. The van der Waals surface area contributed by atoms with Gasteiger partial charge in [0.05, 0.1) is 15.0 Å². The van der Waals surface area contributed by atoms with Gasteiger partial charge >= 0.3 is 0 Å². The monoisotopic (exact) mass is 448 g/mol. The highest BCUT2D eigenvalue weighted by molar-refractivity contribution is 9.11. The summed E-state index contributed by atoms with van der Waals surface area (Å²) >= 11 is 6.45. The molecule has 6 heteroatoms. The van der Waals surface area contributed by atoms with Crippen LogP contribution < -0.4 is 5.32 Å². The molecular weight excluding hydrogens is 436 g/mol. The zero-order valence-corrected chi connectivity index (χ0v) is 15.9. The van der Waals surface area contributed by atoms with Crippen LogP contribution in [0.25, 0.3) is 6.08 Å². The minimum atomic E-state index is -0.450. The standard InChI is InChI=1S/C18H14Br2N2O2/c1-11(13-5-3-2-4-6-13)22-18(24)14(10-21)7-12-8-15(19)17(23)16(20)9-12/h2-9,11,23H,1H3,(H,22,24)/b14-7+. The highest BCUT2D eigenvalue weighted by atomic mass is 79.9. The maximum absolute atomic E-state index is 12.3. The molecule has 0 spiro atoms. The number of nitrogens with one attached hydrogen (secondary N) is 1. The van der Waals surface area contributed by atoms with Gasteiger partial charge in [-0.1, -0.05) is 30.3 Å². The summed E-state index contributed by atoms with van der Waals surface area (Å²) in [7, 11) is 0. The van der Waals surface area contributed by atoms with E-state index in [-0.39, 0.29) is 17.4 Å². The lowest BCUT2D eigenvalue weighted by atomic mass is 10.1. The molecule has 1 amide bonds. The summed E-state index contributed by atoms with van der Waals surface area (Å²) in [5.41, 5.74) is 1.56. The molecule has 4 nitrogen and oxygen atoms in total. The van der Waals surface area contributed by atoms with Crippen LogP contribution >= 0.6 is 31.9 Å². The third-order valence-corrected chi connectivity index (χ3v) is 4.57. The number of nitrogens with zero attached hydrogens (tertiary/aromatic N) is 1. The van der Waals surface area contributed by atoms with E-state index in [4.69, 9.17) is 0 Å². The molecule has 0 saturated heterocycles. The lowest BCUT2D eigenvalue weighted by Gasteiger charge is -2.13. The Morgan fingerprint density at radius 1 is 1.25 bits per heavy atom. The quantitative estimate of drug-likeness (QED) is 0.524. The van der Waals surface area contributed by atoms with Crippen molar-refractivity contribution in [3.63, 3.8) is 0 Å². The second-order valence-electron chi connectivity index (χ2n) is 5.11. The first-order valence-electron chi connectivity index (χ1n) is 7.08. The molecule has 1 unspecified atom stereocenters. The number of rotatable bonds is 4. The number of phenols is 1. The Kier molecular flexibility index (Phi) is 6.18. The predicted molar refractivity (Wildman–Crippen MR) is 100 cm³/mol. The predicted octanol–water partition coefficient (Wildman–Crippen LogP) is 4.70. The Hall–Kier alpha value is -2.10. The van der Waals surface area contributed by atoms with E-state index in [2.05, 4.69) is 37.2 Å². The molecule has 0 aliphatic rings. The number of benzene rings is 2. The molecule has 24 heavy (non-hydrogen) atoms. The van der Waals surface area contributed by atoms with Crippen LogP contribution in [0.5, 0.6) is 5.75 Å². The van der Waals surface area contributed by atoms with Crippen LogP contribution in [0, 0.1) is 11.3 Å². The maximum atomic E-state index is 12.3. The van der Waals surface area contributed by atoms with Crippen LogP contribution in [0.3, 0.4) is 0 Å². The molecule has 0 aromatic heterocycles. The van der Waals surface area contributed by atoms with Gasteiger partial charge in [0, 0.05) is 0 Å². The van der Waals surface area contributed by atoms with Crippen molar-refractivity contribution in [2.45, 2.75) is 13.0 Å². The van der Waals surface area contributed by atoms with Gasteiger partial charge in [-0.25, -0.2) is 0 Å². The lowest BCUT2D eigenvalue weighted by Crippen LogP contribution is -2.27. The maximum Gasteiger partial charge on any atom is 0.262 e. The fourth-order valence-electron chi connectivity index (χ4n) is 2.08. The number of aromatic hydroxyl groups is 1. The van der Waals surface area contributed by atoms with Gasteiger partial charge in [-0.05, 0) is 68.1 Å². The van der Waals surface area contributed by atoms with Gasteiger partial charge in [0.25, 0.3) is 5.91 Å². The number of halogens is 2. The van der Waals surface area contributed by atoms with E-state index in [1.165, 1.54) is 6.08 Å². The zero-order valence-electron chi connectivity index (χ0n) is 12.8.